The number of nitrogens with two attached hydrogens (primary N) is 1. The summed E-state index contributed by atoms with van der Waals surface area (Å²) < 4.78 is 0. The van der Waals surface area contributed by atoms with E-state index >= 15 is 0 Å². The van der Waals surface area contributed by atoms with Crippen LogP contribution in [0.1, 0.15) is 18.1 Å². The van der Waals surface area contributed by atoms with Gasteiger partial charge >= 0.3 is 0 Å². The Hall–Kier alpha value is -1.35. The van der Waals surface area contributed by atoms with E-state index in [1.807, 2.05) is 38.1 Å². The average Bonchev–Trinajstić information content (AvgIpc) is 2.26. The second kappa shape index (κ2) is 6.28. The Morgan fingerprint density at radius 1 is 1.50 bits per heavy atom. The maximum Gasteiger partial charge on any atom is 0.224 e. The summed E-state index contributed by atoms with van der Waals surface area (Å²) in [5.74, 6) is 0.396. The topological polar surface area (TPSA) is 55.1 Å². The van der Waals surface area contributed by atoms with Crippen LogP contribution in [0.4, 0.5) is 0 Å². The zero-order valence-corrected chi connectivity index (χ0v) is 9.99. The molecule has 0 fully saturated rings. The number of carbonyl (C=O) groups is 1. The zero-order chi connectivity index (χ0) is 12.0. The minimum Gasteiger partial charge on any atom is -0.356 e. The fraction of sp³-hybridized carbons (Fsp3) is 0.462. The van der Waals surface area contributed by atoms with E-state index in [2.05, 4.69) is 5.32 Å². The first-order valence-electron chi connectivity index (χ1n) is 5.64. The second-order valence-electron chi connectivity index (χ2n) is 4.31. The summed E-state index contributed by atoms with van der Waals surface area (Å²) in [6.45, 7) is 5.30. The first kappa shape index (κ1) is 12.7. The Balaban J connectivity index is 2.40. The third-order valence-electron chi connectivity index (χ3n) is 2.50. The molecular formula is C13H20N2O. The van der Waals surface area contributed by atoms with Crippen molar-refractivity contribution in [3.05, 3.63) is 35.4 Å². The molecule has 1 atom stereocenters. The Kier molecular flexibility index (Phi) is 4.99. The van der Waals surface area contributed by atoms with Gasteiger partial charge in [0.1, 0.15) is 0 Å². The molecule has 1 aromatic carbocycles. The molecule has 0 spiro atoms. The Bertz CT molecular complexity index is 350. The monoisotopic (exact) mass is 220 g/mol. The van der Waals surface area contributed by atoms with Gasteiger partial charge in [0.25, 0.3) is 0 Å². The summed E-state index contributed by atoms with van der Waals surface area (Å²) in [4.78, 5) is 11.6. The van der Waals surface area contributed by atoms with Crippen molar-refractivity contribution in [3.63, 3.8) is 0 Å². The van der Waals surface area contributed by atoms with Crippen molar-refractivity contribution in [2.75, 3.05) is 13.1 Å². The van der Waals surface area contributed by atoms with Crippen molar-refractivity contribution < 1.29 is 4.79 Å². The van der Waals surface area contributed by atoms with Crippen LogP contribution < -0.4 is 11.1 Å². The summed E-state index contributed by atoms with van der Waals surface area (Å²) in [6, 6.07) is 8.00. The first-order valence-corrected chi connectivity index (χ1v) is 5.64. The molecule has 0 aliphatic heterocycles. The van der Waals surface area contributed by atoms with Gasteiger partial charge in [-0.3, -0.25) is 4.79 Å². The van der Waals surface area contributed by atoms with E-state index in [9.17, 15) is 4.79 Å². The molecule has 1 amide bonds. The molecule has 16 heavy (non-hydrogen) atoms. The molecule has 0 aromatic heterocycles. The predicted molar refractivity (Wildman–Crippen MR) is 66.1 cm³/mol. The standard InChI is InChI=1S/C13H20N2O/c1-10-4-3-5-12(6-10)7-13(16)15-9-11(2)8-14/h3-6,11H,7-9,14H2,1-2H3,(H,15,16). The summed E-state index contributed by atoms with van der Waals surface area (Å²) >= 11 is 0. The number of aryl methyl sites for hydroxylation is 1. The van der Waals surface area contributed by atoms with Gasteiger partial charge in [-0.05, 0) is 24.9 Å². The lowest BCUT2D eigenvalue weighted by atomic mass is 10.1. The van der Waals surface area contributed by atoms with E-state index < -0.39 is 0 Å². The number of nitrogens with one attached hydrogen (secondary N) is 1. The Morgan fingerprint density at radius 3 is 2.88 bits per heavy atom. The molecule has 0 saturated carbocycles. The SMILES string of the molecule is Cc1cccc(CC(=O)NCC(C)CN)c1. The van der Waals surface area contributed by atoms with Gasteiger partial charge < -0.3 is 11.1 Å². The molecule has 1 unspecified atom stereocenters. The molecule has 0 aliphatic carbocycles. The van der Waals surface area contributed by atoms with Crippen LogP contribution in [0.5, 0.6) is 0 Å². The van der Waals surface area contributed by atoms with Crippen molar-refractivity contribution >= 4 is 5.91 Å². The molecule has 1 rings (SSSR count). The number of amides is 1. The van der Waals surface area contributed by atoms with Crippen LogP contribution in [0, 0.1) is 12.8 Å². The van der Waals surface area contributed by atoms with Crippen LogP contribution in [-0.4, -0.2) is 19.0 Å². The van der Waals surface area contributed by atoms with Crippen molar-refractivity contribution in [1.29, 1.82) is 0 Å². The van der Waals surface area contributed by atoms with E-state index in [1.165, 1.54) is 5.56 Å². The van der Waals surface area contributed by atoms with E-state index in [1.54, 1.807) is 0 Å². The zero-order valence-electron chi connectivity index (χ0n) is 9.99. The molecule has 0 heterocycles. The minimum atomic E-state index is 0.0610. The van der Waals surface area contributed by atoms with Crippen LogP contribution in [0.3, 0.4) is 0 Å². The van der Waals surface area contributed by atoms with Gasteiger partial charge in [0.2, 0.25) is 5.91 Å². The smallest absolute Gasteiger partial charge is 0.224 e. The summed E-state index contributed by atoms with van der Waals surface area (Å²) in [7, 11) is 0. The van der Waals surface area contributed by atoms with E-state index in [4.69, 9.17) is 5.73 Å². The molecule has 0 saturated heterocycles. The van der Waals surface area contributed by atoms with Crippen LogP contribution in [-0.2, 0) is 11.2 Å². The van der Waals surface area contributed by atoms with Crippen LogP contribution in [0.25, 0.3) is 0 Å². The normalized spacial score (nSPS) is 12.2. The number of benzene rings is 1. The minimum absolute atomic E-state index is 0.0610. The van der Waals surface area contributed by atoms with Gasteiger partial charge in [-0.2, -0.15) is 0 Å². The van der Waals surface area contributed by atoms with Crippen LogP contribution in [0.2, 0.25) is 0 Å². The number of hydrogen-bond acceptors (Lipinski definition) is 2. The molecule has 3 N–H and O–H groups in total. The van der Waals surface area contributed by atoms with E-state index in [0.29, 0.717) is 25.4 Å². The van der Waals surface area contributed by atoms with Crippen molar-refractivity contribution in [3.8, 4) is 0 Å². The maximum atomic E-state index is 11.6. The molecule has 0 radical (unpaired) electrons. The largest absolute Gasteiger partial charge is 0.356 e. The van der Waals surface area contributed by atoms with Crippen molar-refractivity contribution in [2.45, 2.75) is 20.3 Å². The van der Waals surface area contributed by atoms with Gasteiger partial charge in [0, 0.05) is 6.54 Å². The number of carbonyl (C=O) groups excluding carboxylic acids is 1. The number of rotatable bonds is 5. The third-order valence-corrected chi connectivity index (χ3v) is 2.50. The van der Waals surface area contributed by atoms with Crippen molar-refractivity contribution in [2.24, 2.45) is 11.7 Å². The first-order chi connectivity index (χ1) is 7.61. The molecule has 1 aromatic rings. The van der Waals surface area contributed by atoms with Crippen molar-refractivity contribution in [1.82, 2.24) is 5.32 Å². The summed E-state index contributed by atoms with van der Waals surface area (Å²) in [6.07, 6.45) is 0.443. The van der Waals surface area contributed by atoms with Gasteiger partial charge in [-0.1, -0.05) is 36.8 Å². The fourth-order valence-electron chi connectivity index (χ4n) is 1.44. The molecule has 3 heteroatoms. The van der Waals surface area contributed by atoms with Gasteiger partial charge in [-0.25, -0.2) is 0 Å². The molecule has 88 valence electrons. The molecular weight excluding hydrogens is 200 g/mol. The second-order valence-corrected chi connectivity index (χ2v) is 4.31. The van der Waals surface area contributed by atoms with Crippen LogP contribution in [0.15, 0.2) is 24.3 Å². The van der Waals surface area contributed by atoms with E-state index in [-0.39, 0.29) is 5.91 Å². The fourth-order valence-corrected chi connectivity index (χ4v) is 1.44. The van der Waals surface area contributed by atoms with E-state index in [0.717, 1.165) is 5.56 Å². The highest BCUT2D eigenvalue weighted by Crippen LogP contribution is 2.04. The highest BCUT2D eigenvalue weighted by molar-refractivity contribution is 5.78. The van der Waals surface area contributed by atoms with Gasteiger partial charge in [-0.15, -0.1) is 0 Å². The average molecular weight is 220 g/mol. The number of hydrogen-bond donors (Lipinski definition) is 2. The lowest BCUT2D eigenvalue weighted by molar-refractivity contribution is -0.120. The summed E-state index contributed by atoms with van der Waals surface area (Å²) in [5.41, 5.74) is 7.71. The van der Waals surface area contributed by atoms with Gasteiger partial charge in [0.05, 0.1) is 6.42 Å². The third kappa shape index (κ3) is 4.45. The summed E-state index contributed by atoms with van der Waals surface area (Å²) in [5, 5.41) is 2.88. The maximum absolute atomic E-state index is 11.6. The quantitative estimate of drug-likeness (QED) is 0.784. The van der Waals surface area contributed by atoms with Crippen LogP contribution >= 0.6 is 0 Å². The van der Waals surface area contributed by atoms with Gasteiger partial charge in [0.15, 0.2) is 0 Å². The Labute approximate surface area is 97.0 Å². The lowest BCUT2D eigenvalue weighted by Crippen LogP contribution is -2.32. The highest BCUT2D eigenvalue weighted by Gasteiger charge is 2.05. The highest BCUT2D eigenvalue weighted by atomic mass is 16.1. The predicted octanol–water partition coefficient (Wildman–Crippen LogP) is 1.25. The molecule has 0 bridgehead atoms. The Morgan fingerprint density at radius 2 is 2.25 bits per heavy atom. The molecule has 3 nitrogen and oxygen atoms in total. The molecule has 0 aliphatic rings. The lowest BCUT2D eigenvalue weighted by Gasteiger charge is -2.10.